The Hall–Kier alpha value is -2.49. The van der Waals surface area contributed by atoms with Crippen LogP contribution in [0.3, 0.4) is 0 Å². The fraction of sp³-hybridized carbons (Fsp3) is 0.409. The van der Waals surface area contributed by atoms with E-state index < -0.39 is 0 Å². The van der Waals surface area contributed by atoms with E-state index in [1.54, 1.807) is 7.11 Å². The molecule has 2 amide bonds. The van der Waals surface area contributed by atoms with E-state index in [0.717, 1.165) is 42.0 Å². The van der Waals surface area contributed by atoms with Crippen LogP contribution < -0.4 is 10.1 Å². The van der Waals surface area contributed by atoms with Crippen LogP contribution in [0.25, 0.3) is 0 Å². The van der Waals surface area contributed by atoms with Crippen molar-refractivity contribution in [2.24, 2.45) is 0 Å². The van der Waals surface area contributed by atoms with E-state index in [1.807, 2.05) is 35.2 Å². The Balaban J connectivity index is 1.79. The fourth-order valence-corrected chi connectivity index (χ4v) is 3.62. The Morgan fingerprint density at radius 2 is 1.81 bits per heavy atom. The third-order valence-corrected chi connectivity index (χ3v) is 4.99. The normalized spacial score (nSPS) is 17.2. The number of urea groups is 1. The molecule has 0 aliphatic carbocycles. The van der Waals surface area contributed by atoms with Gasteiger partial charge in [0.15, 0.2) is 0 Å². The largest absolute Gasteiger partial charge is 0.497 e. The van der Waals surface area contributed by atoms with Crippen molar-refractivity contribution < 1.29 is 9.53 Å². The lowest BCUT2D eigenvalue weighted by molar-refractivity contribution is 0.207. The molecule has 2 aromatic carbocycles. The van der Waals surface area contributed by atoms with E-state index in [0.29, 0.717) is 0 Å². The first kappa shape index (κ1) is 18.3. The van der Waals surface area contributed by atoms with Gasteiger partial charge in [0.05, 0.1) is 13.2 Å². The van der Waals surface area contributed by atoms with Gasteiger partial charge in [0.1, 0.15) is 5.75 Å². The van der Waals surface area contributed by atoms with Crippen molar-refractivity contribution in [1.82, 2.24) is 4.90 Å². The summed E-state index contributed by atoms with van der Waals surface area (Å²) in [6.45, 7) is 7.26. The molecule has 0 bridgehead atoms. The number of hydrogen-bond acceptors (Lipinski definition) is 2. The van der Waals surface area contributed by atoms with E-state index in [9.17, 15) is 4.79 Å². The summed E-state index contributed by atoms with van der Waals surface area (Å²) in [6, 6.07) is 16.2. The zero-order valence-electron chi connectivity index (χ0n) is 16.1. The van der Waals surface area contributed by atoms with Crippen molar-refractivity contribution in [2.45, 2.75) is 45.1 Å². The van der Waals surface area contributed by atoms with E-state index in [1.165, 1.54) is 0 Å². The second-order valence-electron chi connectivity index (χ2n) is 7.85. The number of carbonyl (C=O) groups is 1. The van der Waals surface area contributed by atoms with E-state index in [2.05, 4.69) is 44.3 Å². The van der Waals surface area contributed by atoms with Crippen molar-refractivity contribution in [3.05, 3.63) is 59.7 Å². The lowest BCUT2D eigenvalue weighted by Crippen LogP contribution is -2.35. The standard InChI is InChI=1S/C22H28N2O2/c1-22(2,3)18-8-5-6-9-19(18)23-21(25)24-15-7-10-20(24)16-11-13-17(26-4)14-12-16/h5-6,8-9,11-14,20H,7,10,15H2,1-4H3,(H,23,25). The van der Waals surface area contributed by atoms with Crippen molar-refractivity contribution in [3.63, 3.8) is 0 Å². The quantitative estimate of drug-likeness (QED) is 0.808. The molecule has 3 rings (SSSR count). The molecule has 1 unspecified atom stereocenters. The zero-order chi connectivity index (χ0) is 18.7. The summed E-state index contributed by atoms with van der Waals surface area (Å²) in [7, 11) is 1.66. The van der Waals surface area contributed by atoms with Gasteiger partial charge in [0.25, 0.3) is 0 Å². The number of para-hydroxylation sites is 1. The number of carbonyl (C=O) groups excluding carboxylic acids is 1. The molecule has 26 heavy (non-hydrogen) atoms. The number of anilines is 1. The predicted octanol–water partition coefficient (Wildman–Crippen LogP) is 5.36. The molecule has 1 aliphatic rings. The Morgan fingerprint density at radius 3 is 2.46 bits per heavy atom. The SMILES string of the molecule is COc1ccc(C2CCCN2C(=O)Nc2ccccc2C(C)(C)C)cc1. The molecule has 0 aromatic heterocycles. The molecule has 1 fully saturated rings. The van der Waals surface area contributed by atoms with Crippen LogP contribution in [0.2, 0.25) is 0 Å². The molecule has 1 heterocycles. The fourth-order valence-electron chi connectivity index (χ4n) is 3.62. The number of likely N-dealkylation sites (tertiary alicyclic amines) is 1. The monoisotopic (exact) mass is 352 g/mol. The Labute approximate surface area is 156 Å². The van der Waals surface area contributed by atoms with Gasteiger partial charge < -0.3 is 15.0 Å². The van der Waals surface area contributed by atoms with Gasteiger partial charge in [-0.25, -0.2) is 4.79 Å². The molecule has 1 atom stereocenters. The highest BCUT2D eigenvalue weighted by molar-refractivity contribution is 5.91. The number of rotatable bonds is 3. The van der Waals surface area contributed by atoms with Crippen LogP contribution in [0, 0.1) is 0 Å². The van der Waals surface area contributed by atoms with Gasteiger partial charge >= 0.3 is 6.03 Å². The number of hydrogen-bond donors (Lipinski definition) is 1. The highest BCUT2D eigenvalue weighted by Crippen LogP contribution is 2.34. The number of benzene rings is 2. The van der Waals surface area contributed by atoms with Crippen LogP contribution in [0.15, 0.2) is 48.5 Å². The second kappa shape index (κ2) is 7.40. The number of amides is 2. The summed E-state index contributed by atoms with van der Waals surface area (Å²) < 4.78 is 5.24. The lowest BCUT2D eigenvalue weighted by Gasteiger charge is -2.28. The predicted molar refractivity (Wildman–Crippen MR) is 106 cm³/mol. The lowest BCUT2D eigenvalue weighted by atomic mass is 9.86. The van der Waals surface area contributed by atoms with Crippen molar-refractivity contribution in [1.29, 1.82) is 0 Å². The summed E-state index contributed by atoms with van der Waals surface area (Å²) in [5.74, 6) is 0.835. The zero-order valence-corrected chi connectivity index (χ0v) is 16.1. The highest BCUT2D eigenvalue weighted by Gasteiger charge is 2.30. The average Bonchev–Trinajstić information content (AvgIpc) is 3.11. The molecule has 138 valence electrons. The highest BCUT2D eigenvalue weighted by atomic mass is 16.5. The molecule has 2 aromatic rings. The van der Waals surface area contributed by atoms with Crippen LogP contribution >= 0.6 is 0 Å². The number of ether oxygens (including phenoxy) is 1. The van der Waals surface area contributed by atoms with Crippen LogP contribution in [0.4, 0.5) is 10.5 Å². The van der Waals surface area contributed by atoms with Crippen LogP contribution in [0.1, 0.15) is 50.8 Å². The van der Waals surface area contributed by atoms with Crippen LogP contribution in [0.5, 0.6) is 5.75 Å². The van der Waals surface area contributed by atoms with Crippen LogP contribution in [-0.2, 0) is 5.41 Å². The maximum absolute atomic E-state index is 13.0. The minimum Gasteiger partial charge on any atom is -0.497 e. The first-order valence-corrected chi connectivity index (χ1v) is 9.21. The molecule has 1 saturated heterocycles. The smallest absolute Gasteiger partial charge is 0.322 e. The van der Waals surface area contributed by atoms with Gasteiger partial charge in [-0.1, -0.05) is 51.1 Å². The number of methoxy groups -OCH3 is 1. The summed E-state index contributed by atoms with van der Waals surface area (Å²) >= 11 is 0. The molecule has 1 aliphatic heterocycles. The maximum Gasteiger partial charge on any atom is 0.322 e. The average molecular weight is 352 g/mol. The maximum atomic E-state index is 13.0. The molecule has 1 N–H and O–H groups in total. The summed E-state index contributed by atoms with van der Waals surface area (Å²) in [6.07, 6.45) is 2.01. The van der Waals surface area contributed by atoms with Gasteiger partial charge in [-0.05, 0) is 47.6 Å². The van der Waals surface area contributed by atoms with Crippen molar-refractivity contribution in [2.75, 3.05) is 19.0 Å². The summed E-state index contributed by atoms with van der Waals surface area (Å²) in [4.78, 5) is 14.9. The third kappa shape index (κ3) is 3.85. The van der Waals surface area contributed by atoms with Gasteiger partial charge in [0, 0.05) is 12.2 Å². The Bertz CT molecular complexity index is 762. The summed E-state index contributed by atoms with van der Waals surface area (Å²) in [5.41, 5.74) is 3.17. The molecule has 4 heteroatoms. The van der Waals surface area contributed by atoms with Crippen molar-refractivity contribution in [3.8, 4) is 5.75 Å². The first-order valence-electron chi connectivity index (χ1n) is 9.21. The topological polar surface area (TPSA) is 41.6 Å². The van der Waals surface area contributed by atoms with Gasteiger partial charge in [0.2, 0.25) is 0 Å². The Morgan fingerprint density at radius 1 is 1.12 bits per heavy atom. The minimum absolute atomic E-state index is 0.0235. The molecular formula is C22H28N2O2. The third-order valence-electron chi connectivity index (χ3n) is 4.99. The first-order chi connectivity index (χ1) is 12.4. The summed E-state index contributed by atoms with van der Waals surface area (Å²) in [5, 5.41) is 3.14. The van der Waals surface area contributed by atoms with Crippen molar-refractivity contribution >= 4 is 11.7 Å². The number of nitrogens with one attached hydrogen (secondary N) is 1. The van der Waals surface area contributed by atoms with E-state index in [-0.39, 0.29) is 17.5 Å². The minimum atomic E-state index is -0.0278. The molecule has 0 spiro atoms. The Kier molecular flexibility index (Phi) is 5.21. The molecular weight excluding hydrogens is 324 g/mol. The van der Waals surface area contributed by atoms with E-state index in [4.69, 9.17) is 4.74 Å². The number of nitrogens with zero attached hydrogens (tertiary/aromatic N) is 1. The van der Waals surface area contributed by atoms with E-state index >= 15 is 0 Å². The van der Waals surface area contributed by atoms with Crippen LogP contribution in [-0.4, -0.2) is 24.6 Å². The molecule has 0 saturated carbocycles. The van der Waals surface area contributed by atoms with Gasteiger partial charge in [-0.3, -0.25) is 0 Å². The van der Waals surface area contributed by atoms with Gasteiger partial charge in [-0.15, -0.1) is 0 Å². The molecule has 4 nitrogen and oxygen atoms in total. The second-order valence-corrected chi connectivity index (χ2v) is 7.85. The van der Waals surface area contributed by atoms with Gasteiger partial charge in [-0.2, -0.15) is 0 Å². The molecule has 0 radical (unpaired) electrons.